The molecule has 0 saturated carbocycles. The molecule has 0 aromatic heterocycles. The molecule has 0 amide bonds. The van der Waals surface area contributed by atoms with Gasteiger partial charge in [0, 0.05) is 41.6 Å². The third-order valence-corrected chi connectivity index (χ3v) is 16.9. The van der Waals surface area contributed by atoms with E-state index in [2.05, 4.69) is 43.9 Å². The Morgan fingerprint density at radius 1 is 0.483 bits per heavy atom. The lowest BCUT2D eigenvalue weighted by molar-refractivity contribution is -0.316. The molecule has 4 aliphatic rings. The van der Waals surface area contributed by atoms with E-state index in [-0.39, 0.29) is 42.7 Å². The number of carbonyl (C=O) groups is 8. The molecule has 4 aliphatic heterocycles. The van der Waals surface area contributed by atoms with E-state index in [1.807, 2.05) is 94.4 Å². The highest BCUT2D eigenvalue weighted by molar-refractivity contribution is 6.17. The monoisotopic (exact) mass is 1280 g/mol. The maximum atomic E-state index is 14.2. The van der Waals surface area contributed by atoms with Crippen LogP contribution in [0.25, 0.3) is 6.08 Å². The maximum absolute atomic E-state index is 14.2. The van der Waals surface area contributed by atoms with Crippen molar-refractivity contribution >= 4 is 100 Å². The molecular formula is C68H80Cl4O15. The van der Waals surface area contributed by atoms with Crippen molar-refractivity contribution in [2.45, 2.75) is 147 Å². The minimum absolute atomic E-state index is 0.0545. The molecular weight excluding hydrogens is 1200 g/mol. The number of cyclic esters (lactones) is 8. The summed E-state index contributed by atoms with van der Waals surface area (Å²) in [4.78, 5) is 107. The smallest absolute Gasteiger partial charge is 0.338 e. The summed E-state index contributed by atoms with van der Waals surface area (Å²) >= 11 is 24.0. The summed E-state index contributed by atoms with van der Waals surface area (Å²) in [5, 5.41) is 8.34. The third kappa shape index (κ3) is 20.5. The Labute approximate surface area is 530 Å². The summed E-state index contributed by atoms with van der Waals surface area (Å²) in [5.74, 6) is -11.6. The van der Waals surface area contributed by atoms with Gasteiger partial charge in [-0.3, -0.25) is 34.0 Å². The Morgan fingerprint density at radius 3 is 1.10 bits per heavy atom. The van der Waals surface area contributed by atoms with Crippen molar-refractivity contribution < 1.29 is 72.2 Å². The quantitative estimate of drug-likeness (QED) is 0.0173. The molecule has 0 spiro atoms. The Kier molecular flexibility index (Phi) is 27.6. The molecule has 3 fully saturated rings. The predicted octanol–water partition coefficient (Wildman–Crippen LogP) is 14.5. The molecule has 3 saturated heterocycles. The molecule has 9 unspecified atom stereocenters. The number of benzene rings is 4. The van der Waals surface area contributed by atoms with Gasteiger partial charge in [-0.25, -0.2) is 14.5 Å². The van der Waals surface area contributed by atoms with E-state index in [1.54, 1.807) is 43.3 Å². The van der Waals surface area contributed by atoms with E-state index >= 15 is 0 Å². The fraction of sp³-hybridized carbons (Fsp3) is 0.471. The summed E-state index contributed by atoms with van der Waals surface area (Å²) in [7, 11) is 0. The number of alkyl halides is 4. The van der Waals surface area contributed by atoms with E-state index in [1.165, 1.54) is 0 Å². The molecule has 19 heteroatoms. The molecule has 15 nitrogen and oxygen atoms in total. The van der Waals surface area contributed by atoms with Crippen molar-refractivity contribution in [1.29, 1.82) is 0 Å². The highest BCUT2D eigenvalue weighted by Crippen LogP contribution is 2.51. The van der Waals surface area contributed by atoms with Crippen molar-refractivity contribution in [3.63, 3.8) is 0 Å². The van der Waals surface area contributed by atoms with Crippen LogP contribution >= 0.6 is 46.4 Å². The van der Waals surface area contributed by atoms with Gasteiger partial charge < -0.3 is 23.7 Å². The number of rotatable bonds is 24. The fourth-order valence-electron chi connectivity index (χ4n) is 11.8. The van der Waals surface area contributed by atoms with Crippen LogP contribution < -0.4 is 0 Å². The topological polar surface area (TPSA) is 212 Å². The number of hydrogen-bond donors (Lipinski definition) is 1. The average molecular weight is 1280 g/mol. The molecule has 87 heavy (non-hydrogen) atoms. The van der Waals surface area contributed by atoms with E-state index in [0.717, 1.165) is 58.4 Å². The largest absolute Gasteiger partial charge is 0.393 e. The van der Waals surface area contributed by atoms with Gasteiger partial charge in [-0.2, -0.15) is 0 Å². The summed E-state index contributed by atoms with van der Waals surface area (Å²) in [5.41, 5.74) is 5.85. The summed E-state index contributed by atoms with van der Waals surface area (Å²) in [6, 6.07) is 30.0. The lowest BCUT2D eigenvalue weighted by Gasteiger charge is -2.34. The zero-order valence-electron chi connectivity index (χ0n) is 50.8. The van der Waals surface area contributed by atoms with Crippen LogP contribution in [0.5, 0.6) is 0 Å². The van der Waals surface area contributed by atoms with Gasteiger partial charge in [0.2, 0.25) is 0 Å². The normalized spacial score (nSPS) is 21.0. The zero-order chi connectivity index (χ0) is 64.3. The standard InChI is InChI=1S/C48H53Cl3O10.C9H9Cl.C7H16O2.C4H2O3/c1-6-33-39(45(55)59-42(33)52)34(30-13-7-27(22-49)8-14-30)19-36-40(46(56)60-43(36)53)35(31-15-9-28(23-50)10-16-31)20-37-41(47(57)61-44(37)54)38(25-58-48(4,5)21-26(2)3)32-17-11-29(24-51)12-18-32;1-2-8-3-5-9(7-10)6-4-8;1-6(2)5-7(3,4)9-8;5-3-1-2-4(6)7-3/h7-18,26,33-41H,6,19-25H2,1-5H3;2-6H,1,7H2;6,8H,5H2,1-4H3;1-2H. The van der Waals surface area contributed by atoms with Crippen LogP contribution in [0.4, 0.5) is 0 Å². The number of halogens is 4. The van der Waals surface area contributed by atoms with Crippen LogP contribution in [-0.2, 0) is 90.4 Å². The van der Waals surface area contributed by atoms with Crippen LogP contribution in [0.3, 0.4) is 0 Å². The van der Waals surface area contributed by atoms with Crippen LogP contribution in [0.1, 0.15) is 157 Å². The van der Waals surface area contributed by atoms with E-state index in [9.17, 15) is 38.4 Å². The fourth-order valence-corrected chi connectivity index (χ4v) is 12.5. The van der Waals surface area contributed by atoms with Crippen molar-refractivity contribution in [2.75, 3.05) is 6.61 Å². The highest BCUT2D eigenvalue weighted by atomic mass is 35.5. The van der Waals surface area contributed by atoms with Crippen LogP contribution in [0.2, 0.25) is 0 Å². The first-order chi connectivity index (χ1) is 41.2. The molecule has 0 aliphatic carbocycles. The van der Waals surface area contributed by atoms with Gasteiger partial charge >= 0.3 is 47.8 Å². The Morgan fingerprint density at radius 2 is 0.805 bits per heavy atom. The molecule has 0 bridgehead atoms. The lowest BCUT2D eigenvalue weighted by Crippen LogP contribution is -2.36. The van der Waals surface area contributed by atoms with Gasteiger partial charge in [0.05, 0.1) is 53.3 Å². The van der Waals surface area contributed by atoms with Gasteiger partial charge in [0.25, 0.3) is 0 Å². The number of carbonyl (C=O) groups excluding carboxylic acids is 8. The minimum Gasteiger partial charge on any atom is -0.393 e. The van der Waals surface area contributed by atoms with Crippen molar-refractivity contribution in [1.82, 2.24) is 0 Å². The van der Waals surface area contributed by atoms with Crippen molar-refractivity contribution in [3.05, 3.63) is 160 Å². The molecule has 4 aromatic carbocycles. The first-order valence-corrected chi connectivity index (χ1v) is 31.2. The van der Waals surface area contributed by atoms with Gasteiger partial charge in [0.1, 0.15) is 0 Å². The molecule has 0 radical (unpaired) electrons. The Balaban J connectivity index is 0.000000434. The zero-order valence-corrected chi connectivity index (χ0v) is 53.8. The van der Waals surface area contributed by atoms with Gasteiger partial charge in [0.15, 0.2) is 0 Å². The van der Waals surface area contributed by atoms with Crippen LogP contribution in [0.15, 0.2) is 116 Å². The van der Waals surface area contributed by atoms with Crippen LogP contribution in [0, 0.1) is 47.3 Å². The molecule has 470 valence electrons. The molecule has 8 rings (SSSR count). The predicted molar refractivity (Wildman–Crippen MR) is 333 cm³/mol. The van der Waals surface area contributed by atoms with E-state index < -0.39 is 107 Å². The Hall–Kier alpha value is -6.04. The van der Waals surface area contributed by atoms with Gasteiger partial charge in [-0.05, 0) is 128 Å². The third-order valence-electron chi connectivity index (χ3n) is 15.7. The SMILES string of the molecule is C=Cc1ccc(CCl)cc1.CC(C)CC(C)(C)OO.CCC1C(=O)OC(=O)C1C(CC1C(=O)OC(=O)C1C(CC1C(=O)OC(=O)C1C(COC(C)(C)CC(C)C)c1ccc(CCl)cc1)c1ccc(CCl)cc1)c1ccc(CCl)cc1.O=C1C=CC(=O)O1. The molecule has 4 heterocycles. The second kappa shape index (κ2) is 33.5. The van der Waals surface area contributed by atoms with Crippen LogP contribution in [-0.4, -0.2) is 70.8 Å². The van der Waals surface area contributed by atoms with E-state index in [0.29, 0.717) is 35.3 Å². The first kappa shape index (κ1) is 71.7. The Bertz CT molecular complexity index is 3010. The van der Waals surface area contributed by atoms with Crippen molar-refractivity contribution in [2.24, 2.45) is 47.3 Å². The molecule has 9 atom stereocenters. The second-order valence-corrected chi connectivity index (χ2v) is 25.3. The number of ether oxygens (including phenoxy) is 5. The molecule has 1 N–H and O–H groups in total. The first-order valence-electron chi connectivity index (χ1n) is 29.1. The van der Waals surface area contributed by atoms with Gasteiger partial charge in [-0.1, -0.05) is 144 Å². The van der Waals surface area contributed by atoms with Gasteiger partial charge in [-0.15, -0.1) is 46.4 Å². The summed E-state index contributed by atoms with van der Waals surface area (Å²) in [6.07, 6.45) is 5.80. The second-order valence-electron chi connectivity index (χ2n) is 24.2. The summed E-state index contributed by atoms with van der Waals surface area (Å²) < 4.78 is 26.6. The average Bonchev–Trinajstić information content (AvgIpc) is 1.82. The summed E-state index contributed by atoms with van der Waals surface area (Å²) in [6.45, 7) is 21.6. The number of hydrogen-bond acceptors (Lipinski definition) is 15. The highest BCUT2D eigenvalue weighted by Gasteiger charge is 2.57. The maximum Gasteiger partial charge on any atom is 0.338 e. The van der Waals surface area contributed by atoms with Crippen molar-refractivity contribution in [3.8, 4) is 0 Å². The minimum atomic E-state index is -1.15. The molecule has 4 aromatic rings. The number of esters is 8. The van der Waals surface area contributed by atoms with E-state index in [4.69, 9.17) is 70.6 Å². The lowest BCUT2D eigenvalue weighted by atomic mass is 9.67.